The van der Waals surface area contributed by atoms with Gasteiger partial charge in [0.05, 0.1) is 17.2 Å². The van der Waals surface area contributed by atoms with E-state index in [-0.39, 0.29) is 5.60 Å². The van der Waals surface area contributed by atoms with E-state index in [1.807, 2.05) is 0 Å². The molecule has 0 atom stereocenters. The van der Waals surface area contributed by atoms with E-state index >= 15 is 0 Å². The molecule has 92 valence electrons. The first-order valence-electron chi connectivity index (χ1n) is 5.06. The van der Waals surface area contributed by atoms with Crippen molar-refractivity contribution in [3.8, 4) is 5.06 Å². The van der Waals surface area contributed by atoms with Crippen LogP contribution in [0.15, 0.2) is 10.5 Å². The number of ether oxygens (including phenoxy) is 2. The van der Waals surface area contributed by atoms with Gasteiger partial charge >= 0.3 is 0 Å². The minimum atomic E-state index is -0.126. The molecule has 0 saturated carbocycles. The van der Waals surface area contributed by atoms with Crippen LogP contribution in [0, 0.1) is 0 Å². The van der Waals surface area contributed by atoms with Crippen LogP contribution in [0.3, 0.4) is 0 Å². The molecule has 0 unspecified atom stereocenters. The Hall–Kier alpha value is -0.100. The zero-order valence-corrected chi connectivity index (χ0v) is 12.5. The second kappa shape index (κ2) is 6.00. The zero-order valence-electron chi connectivity index (χ0n) is 10.1. The lowest BCUT2D eigenvalue weighted by atomic mass is 10.1. The van der Waals surface area contributed by atoms with Crippen molar-refractivity contribution in [3.63, 3.8) is 0 Å². The third-order valence-electron chi connectivity index (χ3n) is 2.29. The number of thiophene rings is 1. The van der Waals surface area contributed by atoms with Crippen molar-refractivity contribution in [3.05, 3.63) is 15.4 Å². The summed E-state index contributed by atoms with van der Waals surface area (Å²) in [7, 11) is 3.41. The van der Waals surface area contributed by atoms with Gasteiger partial charge in [0, 0.05) is 25.1 Å². The highest BCUT2D eigenvalue weighted by molar-refractivity contribution is 9.10. The maximum atomic E-state index is 5.33. The Labute approximate surface area is 109 Å². The first-order chi connectivity index (χ1) is 7.48. The quantitative estimate of drug-likeness (QED) is 0.876. The highest BCUT2D eigenvalue weighted by Gasteiger charge is 2.15. The topological polar surface area (TPSA) is 30.5 Å². The SMILES string of the molecule is COc1sc(CNCC(C)(C)OC)cc1Br. The van der Waals surface area contributed by atoms with Gasteiger partial charge in [0.2, 0.25) is 0 Å². The number of hydrogen-bond donors (Lipinski definition) is 1. The minimum Gasteiger partial charge on any atom is -0.486 e. The predicted molar refractivity (Wildman–Crippen MR) is 71.4 cm³/mol. The molecule has 0 spiro atoms. The Morgan fingerprint density at radius 1 is 1.44 bits per heavy atom. The van der Waals surface area contributed by atoms with E-state index in [1.54, 1.807) is 25.6 Å². The van der Waals surface area contributed by atoms with Crippen LogP contribution < -0.4 is 10.1 Å². The summed E-state index contributed by atoms with van der Waals surface area (Å²) in [6, 6.07) is 2.08. The molecule has 5 heteroatoms. The largest absolute Gasteiger partial charge is 0.486 e. The lowest BCUT2D eigenvalue weighted by Gasteiger charge is -2.22. The molecular weight excluding hydrogens is 290 g/mol. The average molecular weight is 308 g/mol. The highest BCUT2D eigenvalue weighted by Crippen LogP contribution is 2.34. The molecule has 0 amide bonds. The Balaban J connectivity index is 2.43. The Bertz CT molecular complexity index is 339. The summed E-state index contributed by atoms with van der Waals surface area (Å²) in [5.74, 6) is 0. The fourth-order valence-corrected chi connectivity index (χ4v) is 2.84. The maximum absolute atomic E-state index is 5.33. The summed E-state index contributed by atoms with van der Waals surface area (Å²) in [5.41, 5.74) is -0.126. The predicted octanol–water partition coefficient (Wildman–Crippen LogP) is 3.03. The van der Waals surface area contributed by atoms with E-state index in [1.165, 1.54) is 4.88 Å². The van der Waals surface area contributed by atoms with E-state index in [2.05, 4.69) is 41.2 Å². The highest BCUT2D eigenvalue weighted by atomic mass is 79.9. The number of methoxy groups -OCH3 is 2. The lowest BCUT2D eigenvalue weighted by Crippen LogP contribution is -2.36. The molecule has 1 aromatic heterocycles. The van der Waals surface area contributed by atoms with E-state index in [0.29, 0.717) is 0 Å². The number of nitrogens with one attached hydrogen (secondary N) is 1. The van der Waals surface area contributed by atoms with Crippen molar-refractivity contribution in [1.82, 2.24) is 5.32 Å². The number of halogens is 1. The van der Waals surface area contributed by atoms with Gasteiger partial charge in [0.1, 0.15) is 0 Å². The van der Waals surface area contributed by atoms with Crippen LogP contribution in [0.4, 0.5) is 0 Å². The molecule has 0 fully saturated rings. The third kappa shape index (κ3) is 4.05. The number of rotatable bonds is 6. The van der Waals surface area contributed by atoms with E-state index in [4.69, 9.17) is 9.47 Å². The molecule has 0 saturated heterocycles. The van der Waals surface area contributed by atoms with Gasteiger partial charge in [0.25, 0.3) is 0 Å². The molecule has 1 rings (SSSR count). The molecule has 1 N–H and O–H groups in total. The Kier molecular flexibility index (Phi) is 5.24. The summed E-state index contributed by atoms with van der Waals surface area (Å²) in [4.78, 5) is 1.25. The van der Waals surface area contributed by atoms with Gasteiger partial charge in [-0.2, -0.15) is 0 Å². The fourth-order valence-electron chi connectivity index (χ4n) is 1.18. The number of hydrogen-bond acceptors (Lipinski definition) is 4. The summed E-state index contributed by atoms with van der Waals surface area (Å²) in [6.07, 6.45) is 0. The first kappa shape index (κ1) is 14.0. The van der Waals surface area contributed by atoms with Crippen molar-refractivity contribution in [2.75, 3.05) is 20.8 Å². The molecule has 0 aliphatic carbocycles. The van der Waals surface area contributed by atoms with Crippen LogP contribution in [-0.2, 0) is 11.3 Å². The molecule has 1 heterocycles. The Morgan fingerprint density at radius 3 is 2.62 bits per heavy atom. The van der Waals surface area contributed by atoms with Gasteiger partial charge in [0.15, 0.2) is 5.06 Å². The molecule has 0 aliphatic heterocycles. The van der Waals surface area contributed by atoms with Crippen LogP contribution in [0.1, 0.15) is 18.7 Å². The summed E-state index contributed by atoms with van der Waals surface area (Å²) in [5, 5.41) is 4.29. The smallest absolute Gasteiger partial charge is 0.188 e. The molecular formula is C11H18BrNO2S. The standard InChI is InChI=1S/C11H18BrNO2S/c1-11(2,15-4)7-13-6-8-5-9(12)10(14-3)16-8/h5,13H,6-7H2,1-4H3. The fraction of sp³-hybridized carbons (Fsp3) is 0.636. The van der Waals surface area contributed by atoms with Gasteiger partial charge in [-0.25, -0.2) is 0 Å². The minimum absolute atomic E-state index is 0.126. The van der Waals surface area contributed by atoms with Crippen LogP contribution in [-0.4, -0.2) is 26.4 Å². The normalized spacial score (nSPS) is 11.8. The van der Waals surface area contributed by atoms with E-state index < -0.39 is 0 Å². The molecule has 0 radical (unpaired) electrons. The van der Waals surface area contributed by atoms with Crippen LogP contribution in [0.25, 0.3) is 0 Å². The maximum Gasteiger partial charge on any atom is 0.188 e. The van der Waals surface area contributed by atoms with Crippen molar-refractivity contribution in [2.45, 2.75) is 26.0 Å². The monoisotopic (exact) mass is 307 g/mol. The molecule has 0 aromatic carbocycles. The second-order valence-corrected chi connectivity index (χ2v) is 6.07. The van der Waals surface area contributed by atoms with Crippen molar-refractivity contribution >= 4 is 27.3 Å². The van der Waals surface area contributed by atoms with Crippen molar-refractivity contribution in [1.29, 1.82) is 0 Å². The molecule has 0 aliphatic rings. The van der Waals surface area contributed by atoms with Gasteiger partial charge in [-0.1, -0.05) is 0 Å². The van der Waals surface area contributed by atoms with E-state index in [9.17, 15) is 0 Å². The van der Waals surface area contributed by atoms with Crippen LogP contribution >= 0.6 is 27.3 Å². The van der Waals surface area contributed by atoms with Crippen molar-refractivity contribution < 1.29 is 9.47 Å². The van der Waals surface area contributed by atoms with E-state index in [0.717, 1.165) is 22.6 Å². The molecule has 16 heavy (non-hydrogen) atoms. The Morgan fingerprint density at radius 2 is 2.12 bits per heavy atom. The first-order valence-corrected chi connectivity index (χ1v) is 6.67. The average Bonchev–Trinajstić information content (AvgIpc) is 2.59. The van der Waals surface area contributed by atoms with Gasteiger partial charge in [-0.05, 0) is 35.8 Å². The molecule has 3 nitrogen and oxygen atoms in total. The molecule has 1 aromatic rings. The van der Waals surface area contributed by atoms with Crippen LogP contribution in [0.2, 0.25) is 0 Å². The van der Waals surface area contributed by atoms with Crippen molar-refractivity contribution in [2.24, 2.45) is 0 Å². The zero-order chi connectivity index (χ0) is 12.2. The van der Waals surface area contributed by atoms with Gasteiger partial charge in [-0.3, -0.25) is 0 Å². The second-order valence-electron chi connectivity index (χ2n) is 4.12. The lowest BCUT2D eigenvalue weighted by molar-refractivity contribution is 0.0231. The third-order valence-corrected chi connectivity index (χ3v) is 4.24. The summed E-state index contributed by atoms with van der Waals surface area (Å²) in [6.45, 7) is 5.77. The molecule has 0 bridgehead atoms. The van der Waals surface area contributed by atoms with Gasteiger partial charge in [-0.15, -0.1) is 11.3 Å². The van der Waals surface area contributed by atoms with Crippen LogP contribution in [0.5, 0.6) is 5.06 Å². The van der Waals surface area contributed by atoms with Gasteiger partial charge < -0.3 is 14.8 Å². The summed E-state index contributed by atoms with van der Waals surface area (Å²) >= 11 is 5.10. The summed E-state index contributed by atoms with van der Waals surface area (Å²) < 4.78 is 11.6.